The summed E-state index contributed by atoms with van der Waals surface area (Å²) in [6.45, 7) is 6.63. The van der Waals surface area contributed by atoms with Crippen molar-refractivity contribution in [3.8, 4) is 0 Å². The summed E-state index contributed by atoms with van der Waals surface area (Å²) in [5, 5.41) is 3.55. The fraction of sp³-hybridized carbons (Fsp3) is 0.625. The second-order valence-corrected chi connectivity index (χ2v) is 5.60. The summed E-state index contributed by atoms with van der Waals surface area (Å²) in [4.78, 5) is 2.29. The van der Waals surface area contributed by atoms with Crippen molar-refractivity contribution >= 4 is 0 Å². The van der Waals surface area contributed by atoms with E-state index in [4.69, 9.17) is 0 Å². The van der Waals surface area contributed by atoms with Crippen LogP contribution in [-0.4, -0.2) is 30.1 Å². The Hall–Kier alpha value is -1.00. The maximum absolute atomic E-state index is 13.8. The van der Waals surface area contributed by atoms with Gasteiger partial charge in [-0.25, -0.2) is 8.78 Å². The molecule has 1 aliphatic rings. The normalized spacial score (nSPS) is 24.0. The van der Waals surface area contributed by atoms with E-state index in [-0.39, 0.29) is 0 Å². The van der Waals surface area contributed by atoms with Crippen molar-refractivity contribution < 1.29 is 8.78 Å². The molecule has 0 spiro atoms. The van der Waals surface area contributed by atoms with E-state index in [0.717, 1.165) is 32.4 Å². The van der Waals surface area contributed by atoms with Crippen LogP contribution in [0.5, 0.6) is 0 Å². The summed E-state index contributed by atoms with van der Waals surface area (Å²) in [5.41, 5.74) is 0.459. The van der Waals surface area contributed by atoms with Gasteiger partial charge in [0.25, 0.3) is 0 Å². The van der Waals surface area contributed by atoms with Crippen molar-refractivity contribution in [2.45, 2.75) is 51.7 Å². The van der Waals surface area contributed by atoms with Crippen LogP contribution in [0, 0.1) is 11.6 Å². The lowest BCUT2D eigenvalue weighted by atomic mass is 10.0. The first-order valence-electron chi connectivity index (χ1n) is 7.56. The zero-order valence-electron chi connectivity index (χ0n) is 12.3. The van der Waals surface area contributed by atoms with E-state index in [1.54, 1.807) is 12.1 Å². The molecule has 20 heavy (non-hydrogen) atoms. The van der Waals surface area contributed by atoms with Gasteiger partial charge in [-0.1, -0.05) is 32.4 Å². The molecule has 112 valence electrons. The molecule has 0 aromatic heterocycles. The number of hydrogen-bond acceptors (Lipinski definition) is 2. The molecule has 0 radical (unpaired) electrons. The first kappa shape index (κ1) is 15.4. The summed E-state index contributed by atoms with van der Waals surface area (Å²) in [6, 6.07) is 5.29. The Kier molecular flexibility index (Phi) is 5.49. The highest BCUT2D eigenvalue weighted by molar-refractivity contribution is 5.19. The van der Waals surface area contributed by atoms with Gasteiger partial charge in [-0.15, -0.1) is 0 Å². The average Bonchev–Trinajstić information content (AvgIpc) is 2.45. The molecule has 1 aliphatic heterocycles. The molecule has 0 amide bonds. The lowest BCUT2D eigenvalue weighted by Gasteiger charge is -2.40. The van der Waals surface area contributed by atoms with E-state index in [1.807, 2.05) is 0 Å². The van der Waals surface area contributed by atoms with Crippen LogP contribution in [0.25, 0.3) is 0 Å². The third kappa shape index (κ3) is 3.55. The van der Waals surface area contributed by atoms with Gasteiger partial charge in [0.1, 0.15) is 0 Å². The Balaban J connectivity index is 2.09. The van der Waals surface area contributed by atoms with Gasteiger partial charge >= 0.3 is 0 Å². The number of benzene rings is 1. The Morgan fingerprint density at radius 3 is 2.80 bits per heavy atom. The Labute approximate surface area is 120 Å². The van der Waals surface area contributed by atoms with Gasteiger partial charge < -0.3 is 5.32 Å². The van der Waals surface area contributed by atoms with Crippen molar-refractivity contribution in [2.75, 3.05) is 13.1 Å². The molecule has 1 aromatic rings. The van der Waals surface area contributed by atoms with Crippen LogP contribution >= 0.6 is 0 Å². The van der Waals surface area contributed by atoms with Crippen LogP contribution in [0.3, 0.4) is 0 Å². The van der Waals surface area contributed by atoms with Gasteiger partial charge in [0.15, 0.2) is 11.6 Å². The molecule has 1 heterocycles. The minimum absolute atomic E-state index is 0.394. The molecule has 1 aromatic carbocycles. The lowest BCUT2D eigenvalue weighted by Crippen LogP contribution is -2.55. The first-order chi connectivity index (χ1) is 9.65. The molecule has 2 nitrogen and oxygen atoms in total. The molecule has 0 saturated carbocycles. The van der Waals surface area contributed by atoms with E-state index in [2.05, 4.69) is 24.1 Å². The van der Waals surface area contributed by atoms with E-state index in [9.17, 15) is 8.78 Å². The van der Waals surface area contributed by atoms with Gasteiger partial charge in [-0.3, -0.25) is 4.90 Å². The lowest BCUT2D eigenvalue weighted by molar-refractivity contribution is 0.114. The molecule has 2 rings (SSSR count). The predicted octanol–water partition coefficient (Wildman–Crippen LogP) is 3.32. The zero-order valence-corrected chi connectivity index (χ0v) is 12.3. The molecule has 1 fully saturated rings. The minimum Gasteiger partial charge on any atom is -0.311 e. The maximum Gasteiger partial charge on any atom is 0.163 e. The van der Waals surface area contributed by atoms with Crippen molar-refractivity contribution in [3.05, 3.63) is 35.4 Å². The van der Waals surface area contributed by atoms with Gasteiger partial charge in [0, 0.05) is 37.3 Å². The van der Waals surface area contributed by atoms with Crippen LogP contribution in [0.4, 0.5) is 8.78 Å². The summed E-state index contributed by atoms with van der Waals surface area (Å²) < 4.78 is 27.1. The molecule has 2 atom stereocenters. The van der Waals surface area contributed by atoms with Crippen molar-refractivity contribution in [2.24, 2.45) is 0 Å². The van der Waals surface area contributed by atoms with E-state index in [1.165, 1.54) is 6.07 Å². The van der Waals surface area contributed by atoms with Crippen LogP contribution < -0.4 is 5.32 Å². The summed E-state index contributed by atoms with van der Waals surface area (Å²) in [6.07, 6.45) is 3.28. The van der Waals surface area contributed by atoms with Gasteiger partial charge in [0.2, 0.25) is 0 Å². The summed E-state index contributed by atoms with van der Waals surface area (Å²) in [5.74, 6) is -1.45. The van der Waals surface area contributed by atoms with Crippen LogP contribution in [-0.2, 0) is 6.54 Å². The maximum atomic E-state index is 13.8. The molecule has 1 N–H and O–H groups in total. The molecule has 0 aliphatic carbocycles. The Morgan fingerprint density at radius 1 is 1.30 bits per heavy atom. The SMILES string of the molecule is CCCC1CN(Cc2cccc(F)c2F)C(CC)CN1. The van der Waals surface area contributed by atoms with Crippen molar-refractivity contribution in [1.29, 1.82) is 0 Å². The van der Waals surface area contributed by atoms with Gasteiger partial charge in [0.05, 0.1) is 0 Å². The third-order valence-corrected chi connectivity index (χ3v) is 4.13. The number of nitrogens with zero attached hydrogens (tertiary/aromatic N) is 1. The highest BCUT2D eigenvalue weighted by Gasteiger charge is 2.27. The van der Waals surface area contributed by atoms with Crippen molar-refractivity contribution in [3.63, 3.8) is 0 Å². The topological polar surface area (TPSA) is 15.3 Å². The fourth-order valence-electron chi connectivity index (χ4n) is 2.96. The smallest absolute Gasteiger partial charge is 0.163 e. The second-order valence-electron chi connectivity index (χ2n) is 5.60. The Morgan fingerprint density at radius 2 is 2.10 bits per heavy atom. The van der Waals surface area contributed by atoms with Crippen LogP contribution in [0.1, 0.15) is 38.7 Å². The fourth-order valence-corrected chi connectivity index (χ4v) is 2.96. The zero-order chi connectivity index (χ0) is 14.5. The number of piperazine rings is 1. The van der Waals surface area contributed by atoms with E-state index >= 15 is 0 Å². The van der Waals surface area contributed by atoms with Gasteiger partial charge in [-0.2, -0.15) is 0 Å². The Bertz CT molecular complexity index is 436. The second kappa shape index (κ2) is 7.14. The third-order valence-electron chi connectivity index (χ3n) is 4.13. The molecular weight excluding hydrogens is 258 g/mol. The standard InChI is InChI=1S/C16H24F2N2/c1-3-6-13-11-20(14(4-2)9-19-13)10-12-7-5-8-15(17)16(12)18/h5,7-8,13-14,19H,3-4,6,9-11H2,1-2H3. The van der Waals surface area contributed by atoms with Crippen LogP contribution in [0.15, 0.2) is 18.2 Å². The van der Waals surface area contributed by atoms with Crippen LogP contribution in [0.2, 0.25) is 0 Å². The predicted molar refractivity (Wildman–Crippen MR) is 77.5 cm³/mol. The van der Waals surface area contributed by atoms with Gasteiger partial charge in [-0.05, 0) is 18.9 Å². The molecule has 1 saturated heterocycles. The quantitative estimate of drug-likeness (QED) is 0.891. The molecule has 0 bridgehead atoms. The van der Waals surface area contributed by atoms with E-state index < -0.39 is 11.6 Å². The van der Waals surface area contributed by atoms with E-state index in [0.29, 0.717) is 24.2 Å². The average molecular weight is 282 g/mol. The first-order valence-corrected chi connectivity index (χ1v) is 7.56. The number of rotatable bonds is 5. The number of nitrogens with one attached hydrogen (secondary N) is 1. The summed E-state index contributed by atoms with van der Waals surface area (Å²) >= 11 is 0. The number of hydrogen-bond donors (Lipinski definition) is 1. The highest BCUT2D eigenvalue weighted by Crippen LogP contribution is 2.19. The molecule has 2 unspecified atom stereocenters. The molecular formula is C16H24F2N2. The largest absolute Gasteiger partial charge is 0.311 e. The minimum atomic E-state index is -0.754. The monoisotopic (exact) mass is 282 g/mol. The van der Waals surface area contributed by atoms with Crippen molar-refractivity contribution in [1.82, 2.24) is 10.2 Å². The molecule has 4 heteroatoms. The number of halogens is 2. The highest BCUT2D eigenvalue weighted by atomic mass is 19.2. The summed E-state index contributed by atoms with van der Waals surface area (Å²) in [7, 11) is 0.